The highest BCUT2D eigenvalue weighted by molar-refractivity contribution is 5.91. The SMILES string of the molecule is Cn1nc(CC(=O)C2(CN)CCCCC2)c2ccccc21. The van der Waals surface area contributed by atoms with Crippen molar-refractivity contribution < 1.29 is 4.79 Å². The number of aromatic nitrogens is 2. The van der Waals surface area contributed by atoms with E-state index >= 15 is 0 Å². The Balaban J connectivity index is 1.89. The second-order valence-corrected chi connectivity index (χ2v) is 6.23. The summed E-state index contributed by atoms with van der Waals surface area (Å²) < 4.78 is 1.86. The number of nitrogens with zero attached hydrogens (tertiary/aromatic N) is 2. The maximum atomic E-state index is 12.8. The first-order chi connectivity index (χ1) is 10.2. The van der Waals surface area contributed by atoms with Gasteiger partial charge in [0.15, 0.2) is 0 Å². The van der Waals surface area contributed by atoms with Gasteiger partial charge in [-0.2, -0.15) is 5.10 Å². The molecule has 1 fully saturated rings. The molecule has 1 saturated carbocycles. The van der Waals surface area contributed by atoms with E-state index < -0.39 is 0 Å². The molecule has 1 aromatic carbocycles. The van der Waals surface area contributed by atoms with Gasteiger partial charge in [0.2, 0.25) is 0 Å². The Morgan fingerprint density at radius 2 is 2.00 bits per heavy atom. The molecule has 3 rings (SSSR count). The number of hydrogen-bond donors (Lipinski definition) is 1. The zero-order chi connectivity index (χ0) is 14.9. The number of benzene rings is 1. The van der Waals surface area contributed by atoms with Gasteiger partial charge in [0, 0.05) is 24.4 Å². The van der Waals surface area contributed by atoms with Gasteiger partial charge in [0.1, 0.15) is 5.78 Å². The van der Waals surface area contributed by atoms with E-state index in [-0.39, 0.29) is 11.2 Å². The summed E-state index contributed by atoms with van der Waals surface area (Å²) in [5, 5.41) is 5.62. The molecule has 2 aromatic rings. The van der Waals surface area contributed by atoms with Crippen molar-refractivity contribution in [1.82, 2.24) is 9.78 Å². The number of carbonyl (C=O) groups excluding carboxylic acids is 1. The van der Waals surface area contributed by atoms with E-state index in [2.05, 4.69) is 5.10 Å². The van der Waals surface area contributed by atoms with Crippen LogP contribution in [-0.2, 0) is 18.3 Å². The molecule has 2 N–H and O–H groups in total. The van der Waals surface area contributed by atoms with Gasteiger partial charge < -0.3 is 5.73 Å². The molecule has 0 radical (unpaired) electrons. The number of nitrogens with two attached hydrogens (primary N) is 1. The van der Waals surface area contributed by atoms with Crippen molar-refractivity contribution in [1.29, 1.82) is 0 Å². The fourth-order valence-electron chi connectivity index (χ4n) is 3.58. The minimum absolute atomic E-state index is 0.272. The van der Waals surface area contributed by atoms with E-state index in [1.165, 1.54) is 6.42 Å². The van der Waals surface area contributed by atoms with Crippen LogP contribution in [0.15, 0.2) is 24.3 Å². The normalized spacial score (nSPS) is 18.0. The van der Waals surface area contributed by atoms with Crippen LogP contribution in [0.1, 0.15) is 37.8 Å². The Bertz CT molecular complexity index is 653. The average molecular weight is 285 g/mol. The molecule has 0 saturated heterocycles. The number of hydrogen-bond acceptors (Lipinski definition) is 3. The molecule has 21 heavy (non-hydrogen) atoms. The Morgan fingerprint density at radius 1 is 1.29 bits per heavy atom. The molecular weight excluding hydrogens is 262 g/mol. The highest BCUT2D eigenvalue weighted by Crippen LogP contribution is 2.37. The third kappa shape index (κ3) is 2.48. The predicted molar refractivity (Wildman–Crippen MR) is 84.0 cm³/mol. The van der Waals surface area contributed by atoms with Crippen LogP contribution >= 0.6 is 0 Å². The average Bonchev–Trinajstić information content (AvgIpc) is 2.85. The van der Waals surface area contributed by atoms with Gasteiger partial charge in [-0.3, -0.25) is 9.48 Å². The number of aryl methyl sites for hydroxylation is 1. The Kier molecular flexibility index (Phi) is 3.81. The maximum Gasteiger partial charge on any atom is 0.146 e. The second kappa shape index (κ2) is 5.60. The van der Waals surface area contributed by atoms with Crippen molar-refractivity contribution in [3.8, 4) is 0 Å². The van der Waals surface area contributed by atoms with E-state index in [1.807, 2.05) is 36.0 Å². The lowest BCUT2D eigenvalue weighted by molar-refractivity contribution is -0.129. The smallest absolute Gasteiger partial charge is 0.146 e. The van der Waals surface area contributed by atoms with Crippen molar-refractivity contribution in [3.63, 3.8) is 0 Å². The monoisotopic (exact) mass is 285 g/mol. The number of para-hydroxylation sites is 1. The van der Waals surface area contributed by atoms with Gasteiger partial charge in [-0.15, -0.1) is 0 Å². The topological polar surface area (TPSA) is 60.9 Å². The third-order valence-electron chi connectivity index (χ3n) is 4.96. The second-order valence-electron chi connectivity index (χ2n) is 6.23. The van der Waals surface area contributed by atoms with Crippen LogP contribution in [0.4, 0.5) is 0 Å². The van der Waals surface area contributed by atoms with E-state index in [4.69, 9.17) is 5.73 Å². The summed E-state index contributed by atoms with van der Waals surface area (Å²) in [6.07, 6.45) is 5.73. The van der Waals surface area contributed by atoms with E-state index in [0.29, 0.717) is 13.0 Å². The molecule has 1 aromatic heterocycles. The summed E-state index contributed by atoms with van der Waals surface area (Å²) in [4.78, 5) is 12.8. The van der Waals surface area contributed by atoms with Crippen LogP contribution < -0.4 is 5.73 Å². The highest BCUT2D eigenvalue weighted by atomic mass is 16.1. The minimum atomic E-state index is -0.309. The van der Waals surface area contributed by atoms with Gasteiger partial charge >= 0.3 is 0 Å². The molecule has 1 aliphatic carbocycles. The zero-order valence-electron chi connectivity index (χ0n) is 12.6. The lowest BCUT2D eigenvalue weighted by Crippen LogP contribution is -2.41. The molecule has 0 bridgehead atoms. The molecule has 1 aliphatic rings. The Hall–Kier alpha value is -1.68. The first-order valence-corrected chi connectivity index (χ1v) is 7.80. The molecule has 0 spiro atoms. The number of fused-ring (bicyclic) bond motifs is 1. The van der Waals surface area contributed by atoms with Crippen LogP contribution in [0.3, 0.4) is 0 Å². The Labute approximate surface area is 125 Å². The number of rotatable bonds is 4. The quantitative estimate of drug-likeness (QED) is 0.939. The van der Waals surface area contributed by atoms with Gasteiger partial charge in [-0.1, -0.05) is 37.5 Å². The van der Waals surface area contributed by atoms with E-state index in [9.17, 15) is 4.79 Å². The molecular formula is C17H23N3O. The minimum Gasteiger partial charge on any atom is -0.329 e. The van der Waals surface area contributed by atoms with Gasteiger partial charge in [-0.25, -0.2) is 0 Å². The van der Waals surface area contributed by atoms with Crippen LogP contribution in [0.25, 0.3) is 10.9 Å². The first kappa shape index (κ1) is 14.3. The molecule has 0 unspecified atom stereocenters. The van der Waals surface area contributed by atoms with Crippen LogP contribution in [0.5, 0.6) is 0 Å². The summed E-state index contributed by atoms with van der Waals surface area (Å²) >= 11 is 0. The molecule has 0 amide bonds. The molecule has 112 valence electrons. The van der Waals surface area contributed by atoms with E-state index in [0.717, 1.165) is 42.3 Å². The molecule has 4 nitrogen and oxygen atoms in total. The van der Waals surface area contributed by atoms with Gasteiger partial charge in [0.05, 0.1) is 17.6 Å². The lowest BCUT2D eigenvalue weighted by Gasteiger charge is -2.34. The summed E-state index contributed by atoms with van der Waals surface area (Å²) in [6.45, 7) is 0.469. The summed E-state index contributed by atoms with van der Waals surface area (Å²) in [5.41, 5.74) is 7.62. The fourth-order valence-corrected chi connectivity index (χ4v) is 3.58. The summed E-state index contributed by atoms with van der Waals surface area (Å²) in [5.74, 6) is 0.272. The third-order valence-corrected chi connectivity index (χ3v) is 4.96. The fraction of sp³-hybridized carbons (Fsp3) is 0.529. The molecule has 4 heteroatoms. The number of ketones is 1. The van der Waals surface area contributed by atoms with Gasteiger partial charge in [0.25, 0.3) is 0 Å². The predicted octanol–water partition coefficient (Wildman–Crippen LogP) is 2.59. The number of Topliss-reactive ketones (excluding diaryl/α,β-unsaturated/α-hetero) is 1. The number of carbonyl (C=O) groups is 1. The molecule has 0 aliphatic heterocycles. The van der Waals surface area contributed by atoms with Crippen molar-refractivity contribution in [2.75, 3.05) is 6.54 Å². The maximum absolute atomic E-state index is 12.8. The van der Waals surface area contributed by atoms with Crippen molar-refractivity contribution >= 4 is 16.7 Å². The van der Waals surface area contributed by atoms with Crippen molar-refractivity contribution in [2.24, 2.45) is 18.2 Å². The highest BCUT2D eigenvalue weighted by Gasteiger charge is 2.38. The zero-order valence-corrected chi connectivity index (χ0v) is 12.6. The van der Waals surface area contributed by atoms with Gasteiger partial charge in [-0.05, 0) is 18.9 Å². The first-order valence-electron chi connectivity index (χ1n) is 7.80. The lowest BCUT2D eigenvalue weighted by atomic mass is 9.70. The van der Waals surface area contributed by atoms with E-state index in [1.54, 1.807) is 0 Å². The summed E-state index contributed by atoms with van der Waals surface area (Å²) in [6, 6.07) is 8.08. The van der Waals surface area contributed by atoms with Crippen LogP contribution in [0.2, 0.25) is 0 Å². The molecule has 0 atom stereocenters. The largest absolute Gasteiger partial charge is 0.329 e. The van der Waals surface area contributed by atoms with Crippen molar-refractivity contribution in [2.45, 2.75) is 38.5 Å². The van der Waals surface area contributed by atoms with Crippen LogP contribution in [0, 0.1) is 5.41 Å². The summed E-state index contributed by atoms with van der Waals surface area (Å²) in [7, 11) is 1.93. The molecule has 1 heterocycles. The standard InChI is InChI=1S/C17H23N3O/c1-20-15-8-4-3-7-13(15)14(19-20)11-16(21)17(12-18)9-5-2-6-10-17/h3-4,7-8H,2,5-6,9-12,18H2,1H3. The Morgan fingerprint density at radius 3 is 2.71 bits per heavy atom. The van der Waals surface area contributed by atoms with Crippen molar-refractivity contribution in [3.05, 3.63) is 30.0 Å². The van der Waals surface area contributed by atoms with Crippen LogP contribution in [-0.4, -0.2) is 22.1 Å².